The molecule has 2 N–H and O–H groups in total. The van der Waals surface area contributed by atoms with Gasteiger partial charge in [-0.15, -0.1) is 0 Å². The zero-order valence-corrected chi connectivity index (χ0v) is 15.8. The highest BCUT2D eigenvalue weighted by atomic mass is 35.5. The number of hydrogen-bond acceptors (Lipinski definition) is 3. The largest absolute Gasteiger partial charge is 0.494 e. The Balaban J connectivity index is 2.08. The predicted molar refractivity (Wildman–Crippen MR) is 104 cm³/mol. The minimum absolute atomic E-state index is 0.0934. The monoisotopic (exact) mass is 374 g/mol. The first-order valence-corrected chi connectivity index (χ1v) is 8.89. The summed E-state index contributed by atoms with van der Waals surface area (Å²) in [5.74, 6) is -0.0292. The predicted octanol–water partition coefficient (Wildman–Crippen LogP) is 4.13. The number of anilines is 1. The van der Waals surface area contributed by atoms with E-state index in [-0.39, 0.29) is 17.7 Å². The Morgan fingerprint density at radius 1 is 1.08 bits per heavy atom. The van der Waals surface area contributed by atoms with E-state index in [4.69, 9.17) is 16.3 Å². The molecule has 0 aliphatic rings. The maximum absolute atomic E-state index is 12.6. The molecule has 2 amide bonds. The number of benzene rings is 2. The van der Waals surface area contributed by atoms with Gasteiger partial charge in [0.25, 0.3) is 5.91 Å². The van der Waals surface area contributed by atoms with E-state index < -0.39 is 6.04 Å². The van der Waals surface area contributed by atoms with Gasteiger partial charge in [-0.25, -0.2) is 0 Å². The summed E-state index contributed by atoms with van der Waals surface area (Å²) < 4.78 is 5.37. The number of amides is 2. The quantitative estimate of drug-likeness (QED) is 0.765. The normalized spacial score (nSPS) is 11.7. The van der Waals surface area contributed by atoms with Crippen LogP contribution in [0, 0.1) is 5.92 Å². The second-order valence-corrected chi connectivity index (χ2v) is 6.53. The van der Waals surface area contributed by atoms with Gasteiger partial charge in [-0.2, -0.15) is 0 Å². The lowest BCUT2D eigenvalue weighted by atomic mass is 10.0. The van der Waals surface area contributed by atoms with Gasteiger partial charge in [-0.05, 0) is 49.2 Å². The molecule has 0 radical (unpaired) electrons. The number of para-hydroxylation sites is 1. The number of nitrogens with one attached hydrogen (secondary N) is 2. The van der Waals surface area contributed by atoms with E-state index in [9.17, 15) is 9.59 Å². The summed E-state index contributed by atoms with van der Waals surface area (Å²) in [6.07, 6.45) is 0. The summed E-state index contributed by atoms with van der Waals surface area (Å²) in [5.41, 5.74) is 0.977. The third-order valence-corrected chi connectivity index (χ3v) is 4.12. The summed E-state index contributed by atoms with van der Waals surface area (Å²) >= 11 is 6.08. The van der Waals surface area contributed by atoms with Gasteiger partial charge in [0.15, 0.2) is 0 Å². The molecule has 0 heterocycles. The molecule has 0 saturated carbocycles. The summed E-state index contributed by atoms with van der Waals surface area (Å²) in [7, 11) is 0. The molecular weight excluding hydrogens is 352 g/mol. The number of halogens is 1. The van der Waals surface area contributed by atoms with Gasteiger partial charge in [0.05, 0.1) is 17.3 Å². The molecule has 2 aromatic rings. The van der Waals surface area contributed by atoms with Gasteiger partial charge in [0.1, 0.15) is 11.8 Å². The lowest BCUT2D eigenvalue weighted by Gasteiger charge is -2.22. The molecule has 1 atom stereocenters. The summed E-state index contributed by atoms with van der Waals surface area (Å²) in [6, 6.07) is 13.1. The van der Waals surface area contributed by atoms with Crippen molar-refractivity contribution in [3.05, 3.63) is 59.1 Å². The van der Waals surface area contributed by atoms with E-state index in [1.54, 1.807) is 48.5 Å². The van der Waals surface area contributed by atoms with Crippen LogP contribution in [-0.4, -0.2) is 24.5 Å². The van der Waals surface area contributed by atoms with Crippen LogP contribution in [0.4, 0.5) is 5.69 Å². The van der Waals surface area contributed by atoms with Crippen molar-refractivity contribution >= 4 is 29.1 Å². The first-order chi connectivity index (χ1) is 12.4. The standard InChI is InChI=1S/C20H23ClN2O3/c1-4-26-15-11-9-14(10-12-15)19(24)23-18(13(2)3)20(25)22-17-8-6-5-7-16(17)21/h5-13,18H,4H2,1-3H3,(H,22,25)(H,23,24). The zero-order valence-electron chi connectivity index (χ0n) is 15.1. The van der Waals surface area contributed by atoms with Crippen molar-refractivity contribution in [1.82, 2.24) is 5.32 Å². The van der Waals surface area contributed by atoms with E-state index in [2.05, 4.69) is 10.6 Å². The van der Waals surface area contributed by atoms with E-state index in [0.717, 1.165) is 0 Å². The first kappa shape index (κ1) is 19.8. The number of rotatable bonds is 7. The lowest BCUT2D eigenvalue weighted by Crippen LogP contribution is -2.47. The molecule has 2 rings (SSSR count). The Hall–Kier alpha value is -2.53. The maximum Gasteiger partial charge on any atom is 0.251 e. The molecule has 0 bridgehead atoms. The molecule has 138 valence electrons. The van der Waals surface area contributed by atoms with Gasteiger partial charge >= 0.3 is 0 Å². The van der Waals surface area contributed by atoms with Crippen LogP contribution in [0.25, 0.3) is 0 Å². The Labute approximate surface area is 158 Å². The Kier molecular flexibility index (Phi) is 7.04. The summed E-state index contributed by atoms with van der Waals surface area (Å²) in [5, 5.41) is 6.00. The fraction of sp³-hybridized carbons (Fsp3) is 0.300. The van der Waals surface area contributed by atoms with Gasteiger partial charge in [0, 0.05) is 5.56 Å². The van der Waals surface area contributed by atoms with Crippen LogP contribution in [0.3, 0.4) is 0 Å². The van der Waals surface area contributed by atoms with Crippen molar-refractivity contribution < 1.29 is 14.3 Å². The second-order valence-electron chi connectivity index (χ2n) is 6.12. The van der Waals surface area contributed by atoms with Crippen LogP contribution in [0.5, 0.6) is 5.75 Å². The molecule has 26 heavy (non-hydrogen) atoms. The fourth-order valence-electron chi connectivity index (χ4n) is 2.40. The van der Waals surface area contributed by atoms with E-state index >= 15 is 0 Å². The van der Waals surface area contributed by atoms with Crippen molar-refractivity contribution in [2.45, 2.75) is 26.8 Å². The smallest absolute Gasteiger partial charge is 0.251 e. The maximum atomic E-state index is 12.6. The number of carbonyl (C=O) groups excluding carboxylic acids is 2. The molecule has 0 aliphatic carbocycles. The SMILES string of the molecule is CCOc1ccc(C(=O)NC(C(=O)Nc2ccccc2Cl)C(C)C)cc1. The Morgan fingerprint density at radius 2 is 1.73 bits per heavy atom. The molecule has 5 nitrogen and oxygen atoms in total. The van der Waals surface area contributed by atoms with Crippen LogP contribution in [0.2, 0.25) is 5.02 Å². The van der Waals surface area contributed by atoms with E-state index in [1.807, 2.05) is 20.8 Å². The zero-order chi connectivity index (χ0) is 19.1. The highest BCUT2D eigenvalue weighted by Crippen LogP contribution is 2.21. The van der Waals surface area contributed by atoms with Crippen molar-refractivity contribution in [3.63, 3.8) is 0 Å². The van der Waals surface area contributed by atoms with Crippen molar-refractivity contribution in [2.75, 3.05) is 11.9 Å². The highest BCUT2D eigenvalue weighted by molar-refractivity contribution is 6.33. The number of hydrogen-bond donors (Lipinski definition) is 2. The Morgan fingerprint density at radius 3 is 2.31 bits per heavy atom. The molecular formula is C20H23ClN2O3. The third kappa shape index (κ3) is 5.23. The average molecular weight is 375 g/mol. The highest BCUT2D eigenvalue weighted by Gasteiger charge is 2.25. The van der Waals surface area contributed by atoms with Crippen LogP contribution < -0.4 is 15.4 Å². The second kappa shape index (κ2) is 9.25. The number of ether oxygens (including phenoxy) is 1. The minimum Gasteiger partial charge on any atom is -0.494 e. The van der Waals surface area contributed by atoms with Crippen molar-refractivity contribution in [2.24, 2.45) is 5.92 Å². The summed E-state index contributed by atoms with van der Waals surface area (Å²) in [6.45, 7) is 6.19. The van der Waals surface area contributed by atoms with Gasteiger partial charge in [-0.3, -0.25) is 9.59 Å². The van der Waals surface area contributed by atoms with Crippen LogP contribution in [0.15, 0.2) is 48.5 Å². The molecule has 0 aliphatic heterocycles. The molecule has 0 saturated heterocycles. The van der Waals surface area contributed by atoms with Gasteiger partial charge < -0.3 is 15.4 Å². The average Bonchev–Trinajstić information content (AvgIpc) is 2.62. The van der Waals surface area contributed by atoms with Gasteiger partial charge in [-0.1, -0.05) is 37.6 Å². The molecule has 6 heteroatoms. The van der Waals surface area contributed by atoms with E-state index in [0.29, 0.717) is 28.6 Å². The molecule has 1 unspecified atom stereocenters. The molecule has 0 aromatic heterocycles. The van der Waals surface area contributed by atoms with Crippen molar-refractivity contribution in [3.8, 4) is 5.75 Å². The lowest BCUT2D eigenvalue weighted by molar-refractivity contribution is -0.118. The van der Waals surface area contributed by atoms with Crippen LogP contribution in [-0.2, 0) is 4.79 Å². The topological polar surface area (TPSA) is 67.4 Å². The van der Waals surface area contributed by atoms with Gasteiger partial charge in [0.2, 0.25) is 5.91 Å². The molecule has 2 aromatic carbocycles. The summed E-state index contributed by atoms with van der Waals surface area (Å²) in [4.78, 5) is 25.1. The van der Waals surface area contributed by atoms with Crippen molar-refractivity contribution in [1.29, 1.82) is 0 Å². The molecule has 0 spiro atoms. The first-order valence-electron chi connectivity index (χ1n) is 8.51. The van der Waals surface area contributed by atoms with E-state index in [1.165, 1.54) is 0 Å². The van der Waals surface area contributed by atoms with Crippen LogP contribution >= 0.6 is 11.6 Å². The third-order valence-electron chi connectivity index (χ3n) is 3.79. The fourth-order valence-corrected chi connectivity index (χ4v) is 2.58. The Bertz CT molecular complexity index is 760. The number of carbonyl (C=O) groups is 2. The molecule has 0 fully saturated rings. The minimum atomic E-state index is -0.689. The van der Waals surface area contributed by atoms with Crippen LogP contribution in [0.1, 0.15) is 31.1 Å².